The zero-order chi connectivity index (χ0) is 17.8. The van der Waals surface area contributed by atoms with Crippen LogP contribution in [-0.2, 0) is 17.6 Å². The molecule has 0 unspecified atom stereocenters. The summed E-state index contributed by atoms with van der Waals surface area (Å²) in [6.45, 7) is 2.05. The maximum Gasteiger partial charge on any atom is 0.228 e. The number of imidazole rings is 1. The number of nitrogens with zero attached hydrogens (tertiary/aromatic N) is 1. The van der Waals surface area contributed by atoms with E-state index in [0.29, 0.717) is 17.2 Å². The molecule has 1 amide bonds. The molecule has 1 aromatic heterocycles. The van der Waals surface area contributed by atoms with E-state index in [9.17, 15) is 4.79 Å². The molecule has 6 heteroatoms. The molecule has 0 atom stereocenters. The van der Waals surface area contributed by atoms with Crippen LogP contribution in [-0.4, -0.2) is 30.1 Å². The van der Waals surface area contributed by atoms with Crippen molar-refractivity contribution >= 4 is 22.6 Å². The number of fused-ring (bicyclic) bond motifs is 1. The van der Waals surface area contributed by atoms with Crippen LogP contribution in [0.3, 0.4) is 0 Å². The Balaban J connectivity index is 1.74. The molecule has 0 spiro atoms. The Kier molecular flexibility index (Phi) is 4.88. The van der Waals surface area contributed by atoms with Crippen LogP contribution in [0.2, 0.25) is 0 Å². The lowest BCUT2D eigenvalue weighted by molar-refractivity contribution is -0.115. The van der Waals surface area contributed by atoms with Crippen LogP contribution in [0.4, 0.5) is 5.69 Å². The zero-order valence-electron chi connectivity index (χ0n) is 14.6. The molecule has 6 nitrogen and oxygen atoms in total. The summed E-state index contributed by atoms with van der Waals surface area (Å²) in [4.78, 5) is 20.1. The third-order valence-corrected chi connectivity index (χ3v) is 3.98. The van der Waals surface area contributed by atoms with Crippen molar-refractivity contribution in [2.45, 2.75) is 19.8 Å². The second-order valence-corrected chi connectivity index (χ2v) is 5.68. The molecule has 0 aliphatic heterocycles. The summed E-state index contributed by atoms with van der Waals surface area (Å²) in [7, 11) is 3.14. The highest BCUT2D eigenvalue weighted by Gasteiger charge is 2.11. The molecule has 0 bridgehead atoms. The molecule has 1 heterocycles. The fourth-order valence-electron chi connectivity index (χ4n) is 2.67. The van der Waals surface area contributed by atoms with Crippen molar-refractivity contribution in [3.8, 4) is 11.5 Å². The van der Waals surface area contributed by atoms with Crippen molar-refractivity contribution in [3.63, 3.8) is 0 Å². The first-order valence-corrected chi connectivity index (χ1v) is 8.12. The minimum atomic E-state index is -0.113. The molecule has 25 heavy (non-hydrogen) atoms. The standard InChI is InChI=1S/C19H21N3O3/c1-4-18-20-14-7-5-12(9-16(14)21-18)10-19(23)22-15-8-6-13(24-2)11-17(15)25-3/h5-9,11H,4,10H2,1-3H3,(H,20,21)(H,22,23). The minimum absolute atomic E-state index is 0.113. The zero-order valence-corrected chi connectivity index (χ0v) is 14.6. The van der Waals surface area contributed by atoms with Gasteiger partial charge in [-0.3, -0.25) is 4.79 Å². The molecule has 3 aromatic rings. The Morgan fingerprint density at radius 2 is 2.00 bits per heavy atom. The summed E-state index contributed by atoms with van der Waals surface area (Å²) < 4.78 is 10.5. The van der Waals surface area contributed by atoms with Crippen LogP contribution in [0.1, 0.15) is 18.3 Å². The van der Waals surface area contributed by atoms with Gasteiger partial charge in [-0.2, -0.15) is 0 Å². The van der Waals surface area contributed by atoms with Crippen LogP contribution in [0.15, 0.2) is 36.4 Å². The number of aryl methyl sites for hydroxylation is 1. The fourth-order valence-corrected chi connectivity index (χ4v) is 2.67. The molecule has 0 saturated carbocycles. The minimum Gasteiger partial charge on any atom is -0.497 e. The van der Waals surface area contributed by atoms with E-state index in [1.807, 2.05) is 25.1 Å². The van der Waals surface area contributed by atoms with E-state index >= 15 is 0 Å². The first-order chi connectivity index (χ1) is 12.1. The molecule has 2 aromatic carbocycles. The van der Waals surface area contributed by atoms with E-state index in [4.69, 9.17) is 9.47 Å². The Hall–Kier alpha value is -3.02. The van der Waals surface area contributed by atoms with Gasteiger partial charge in [0.2, 0.25) is 5.91 Å². The number of carbonyl (C=O) groups excluding carboxylic acids is 1. The van der Waals surface area contributed by atoms with Crippen LogP contribution in [0, 0.1) is 0 Å². The molecule has 0 fully saturated rings. The monoisotopic (exact) mass is 339 g/mol. The fraction of sp³-hybridized carbons (Fsp3) is 0.263. The SMILES string of the molecule is CCc1nc2ccc(CC(=O)Nc3ccc(OC)cc3OC)cc2[nH]1. The topological polar surface area (TPSA) is 76.2 Å². The predicted molar refractivity (Wildman–Crippen MR) is 97.4 cm³/mol. The number of aromatic nitrogens is 2. The highest BCUT2D eigenvalue weighted by atomic mass is 16.5. The summed E-state index contributed by atoms with van der Waals surface area (Å²) in [5, 5.41) is 2.88. The van der Waals surface area contributed by atoms with Crippen molar-refractivity contribution in [1.82, 2.24) is 9.97 Å². The number of anilines is 1. The van der Waals surface area contributed by atoms with Gasteiger partial charge in [-0.15, -0.1) is 0 Å². The number of hydrogen-bond acceptors (Lipinski definition) is 4. The second-order valence-electron chi connectivity index (χ2n) is 5.68. The molecule has 0 saturated heterocycles. The van der Waals surface area contributed by atoms with Gasteiger partial charge in [0, 0.05) is 12.5 Å². The number of amides is 1. The predicted octanol–water partition coefficient (Wildman–Crippen LogP) is 3.32. The molecule has 2 N–H and O–H groups in total. The number of nitrogens with one attached hydrogen (secondary N) is 2. The first-order valence-electron chi connectivity index (χ1n) is 8.12. The Bertz CT molecular complexity index is 902. The lowest BCUT2D eigenvalue weighted by Crippen LogP contribution is -2.15. The number of aromatic amines is 1. The van der Waals surface area contributed by atoms with E-state index in [1.54, 1.807) is 32.4 Å². The quantitative estimate of drug-likeness (QED) is 0.722. The van der Waals surface area contributed by atoms with Crippen molar-refractivity contribution in [2.75, 3.05) is 19.5 Å². The van der Waals surface area contributed by atoms with Crippen molar-refractivity contribution in [1.29, 1.82) is 0 Å². The van der Waals surface area contributed by atoms with Crippen molar-refractivity contribution in [3.05, 3.63) is 47.8 Å². The summed E-state index contributed by atoms with van der Waals surface area (Å²) in [5.74, 6) is 2.06. The second kappa shape index (κ2) is 7.25. The number of methoxy groups -OCH3 is 2. The molecule has 130 valence electrons. The van der Waals surface area contributed by atoms with Crippen LogP contribution in [0.5, 0.6) is 11.5 Å². The highest BCUT2D eigenvalue weighted by molar-refractivity contribution is 5.94. The van der Waals surface area contributed by atoms with Crippen molar-refractivity contribution < 1.29 is 14.3 Å². The van der Waals surface area contributed by atoms with Crippen LogP contribution in [0.25, 0.3) is 11.0 Å². The number of hydrogen-bond donors (Lipinski definition) is 2. The summed E-state index contributed by atoms with van der Waals surface area (Å²) in [5.41, 5.74) is 3.40. The van der Waals surface area contributed by atoms with Gasteiger partial charge in [0.25, 0.3) is 0 Å². The molecule has 0 aliphatic rings. The summed E-state index contributed by atoms with van der Waals surface area (Å²) >= 11 is 0. The third-order valence-electron chi connectivity index (χ3n) is 3.98. The van der Waals surface area contributed by atoms with Crippen LogP contribution < -0.4 is 14.8 Å². The third kappa shape index (κ3) is 3.74. The molecule has 0 aliphatic carbocycles. The number of ether oxygens (including phenoxy) is 2. The number of carbonyl (C=O) groups is 1. The van der Waals surface area contributed by atoms with E-state index in [-0.39, 0.29) is 12.3 Å². The lowest BCUT2D eigenvalue weighted by atomic mass is 10.1. The van der Waals surface area contributed by atoms with E-state index < -0.39 is 0 Å². The lowest BCUT2D eigenvalue weighted by Gasteiger charge is -2.11. The van der Waals surface area contributed by atoms with E-state index in [1.165, 1.54) is 0 Å². The molecule has 0 radical (unpaired) electrons. The van der Waals surface area contributed by atoms with E-state index in [2.05, 4.69) is 15.3 Å². The van der Waals surface area contributed by atoms with Gasteiger partial charge in [0.15, 0.2) is 0 Å². The number of benzene rings is 2. The van der Waals surface area contributed by atoms with Crippen molar-refractivity contribution in [2.24, 2.45) is 0 Å². The van der Waals surface area contributed by atoms with Gasteiger partial charge in [0.1, 0.15) is 17.3 Å². The van der Waals surface area contributed by atoms with Crippen LogP contribution >= 0.6 is 0 Å². The van der Waals surface area contributed by atoms with Gasteiger partial charge in [-0.05, 0) is 29.8 Å². The Morgan fingerprint density at radius 3 is 2.72 bits per heavy atom. The smallest absolute Gasteiger partial charge is 0.228 e. The number of rotatable bonds is 6. The largest absolute Gasteiger partial charge is 0.497 e. The maximum absolute atomic E-state index is 12.4. The Morgan fingerprint density at radius 1 is 1.16 bits per heavy atom. The molecule has 3 rings (SSSR count). The number of H-pyrrole nitrogens is 1. The molecular formula is C19H21N3O3. The first kappa shape index (κ1) is 16.8. The average Bonchev–Trinajstić information content (AvgIpc) is 3.04. The van der Waals surface area contributed by atoms with Gasteiger partial charge in [-0.25, -0.2) is 4.98 Å². The van der Waals surface area contributed by atoms with Gasteiger partial charge in [-0.1, -0.05) is 13.0 Å². The Labute approximate surface area is 146 Å². The normalized spacial score (nSPS) is 10.7. The summed E-state index contributed by atoms with van der Waals surface area (Å²) in [6.07, 6.45) is 1.12. The average molecular weight is 339 g/mol. The maximum atomic E-state index is 12.4. The highest BCUT2D eigenvalue weighted by Crippen LogP contribution is 2.29. The van der Waals surface area contributed by atoms with Gasteiger partial charge < -0.3 is 19.8 Å². The summed E-state index contributed by atoms with van der Waals surface area (Å²) in [6, 6.07) is 11.1. The van der Waals surface area contributed by atoms with Gasteiger partial charge in [0.05, 0.1) is 37.4 Å². The van der Waals surface area contributed by atoms with Gasteiger partial charge >= 0.3 is 0 Å². The van der Waals surface area contributed by atoms with E-state index in [0.717, 1.165) is 28.8 Å². The molecular weight excluding hydrogens is 318 g/mol.